The largest absolute Gasteiger partial charge is 0.381 e. The average Bonchev–Trinajstić information content (AvgIpc) is 2.06. The molecule has 1 saturated heterocycles. The summed E-state index contributed by atoms with van der Waals surface area (Å²) < 4.78 is 5.37. The van der Waals surface area contributed by atoms with Crippen LogP contribution in [0, 0.1) is 11.3 Å². The fourth-order valence-corrected chi connectivity index (χ4v) is 2.33. The van der Waals surface area contributed by atoms with Crippen LogP contribution in [-0.2, 0) is 4.74 Å². The van der Waals surface area contributed by atoms with Gasteiger partial charge in [0, 0.05) is 13.2 Å². The molecule has 0 aromatic rings. The standard InChI is InChI=1S/C11H22O/c1-4-7-11(2,3)10-5-8-12-9-6-10/h10H,4-9H2,1-3H3. The van der Waals surface area contributed by atoms with Crippen LogP contribution in [-0.4, -0.2) is 13.2 Å². The van der Waals surface area contributed by atoms with E-state index < -0.39 is 0 Å². The molecule has 0 atom stereocenters. The van der Waals surface area contributed by atoms with E-state index in [1.807, 2.05) is 0 Å². The van der Waals surface area contributed by atoms with Crippen molar-refractivity contribution < 1.29 is 4.74 Å². The zero-order valence-corrected chi connectivity index (χ0v) is 8.73. The third-order valence-electron chi connectivity index (χ3n) is 3.22. The van der Waals surface area contributed by atoms with Gasteiger partial charge in [0.05, 0.1) is 0 Å². The van der Waals surface area contributed by atoms with Gasteiger partial charge in [-0.15, -0.1) is 0 Å². The summed E-state index contributed by atoms with van der Waals surface area (Å²) >= 11 is 0. The predicted molar refractivity (Wildman–Crippen MR) is 52.2 cm³/mol. The van der Waals surface area contributed by atoms with Gasteiger partial charge in [0.25, 0.3) is 0 Å². The Bertz CT molecular complexity index is 123. The van der Waals surface area contributed by atoms with Crippen LogP contribution < -0.4 is 0 Å². The zero-order chi connectivity index (χ0) is 9.03. The predicted octanol–water partition coefficient (Wildman–Crippen LogP) is 3.24. The van der Waals surface area contributed by atoms with Crippen LogP contribution in [0.2, 0.25) is 0 Å². The van der Waals surface area contributed by atoms with E-state index in [0.29, 0.717) is 5.41 Å². The van der Waals surface area contributed by atoms with Gasteiger partial charge in [-0.1, -0.05) is 27.2 Å². The molecule has 0 aromatic heterocycles. The van der Waals surface area contributed by atoms with Crippen molar-refractivity contribution in [3.8, 4) is 0 Å². The average molecular weight is 170 g/mol. The third-order valence-corrected chi connectivity index (χ3v) is 3.22. The molecule has 1 nitrogen and oxygen atoms in total. The number of ether oxygens (including phenoxy) is 1. The summed E-state index contributed by atoms with van der Waals surface area (Å²) in [6.45, 7) is 9.07. The Hall–Kier alpha value is -0.0400. The van der Waals surface area contributed by atoms with Gasteiger partial charge < -0.3 is 4.74 Å². The molecule has 0 bridgehead atoms. The Balaban J connectivity index is 2.41. The molecule has 0 amide bonds. The maximum Gasteiger partial charge on any atom is 0.0468 e. The molecular weight excluding hydrogens is 148 g/mol. The molecule has 0 aromatic carbocycles. The van der Waals surface area contributed by atoms with Gasteiger partial charge in [0.15, 0.2) is 0 Å². The highest BCUT2D eigenvalue weighted by Gasteiger charge is 2.29. The van der Waals surface area contributed by atoms with E-state index in [-0.39, 0.29) is 0 Å². The van der Waals surface area contributed by atoms with Crippen molar-refractivity contribution in [3.05, 3.63) is 0 Å². The van der Waals surface area contributed by atoms with Crippen molar-refractivity contribution in [1.82, 2.24) is 0 Å². The highest BCUT2D eigenvalue weighted by molar-refractivity contribution is 4.79. The van der Waals surface area contributed by atoms with E-state index in [1.54, 1.807) is 0 Å². The monoisotopic (exact) mass is 170 g/mol. The lowest BCUT2D eigenvalue weighted by atomic mass is 9.72. The van der Waals surface area contributed by atoms with Crippen LogP contribution in [0.3, 0.4) is 0 Å². The van der Waals surface area contributed by atoms with E-state index in [4.69, 9.17) is 4.74 Å². The molecule has 72 valence electrons. The SMILES string of the molecule is CCCC(C)(C)C1CCOCC1. The summed E-state index contributed by atoms with van der Waals surface area (Å²) in [7, 11) is 0. The Labute approximate surface area is 76.5 Å². The molecular formula is C11H22O. The Morgan fingerprint density at radius 2 is 1.83 bits per heavy atom. The molecule has 0 saturated carbocycles. The Morgan fingerprint density at radius 3 is 2.33 bits per heavy atom. The first kappa shape index (κ1) is 10.0. The first-order valence-electron chi connectivity index (χ1n) is 5.24. The quantitative estimate of drug-likeness (QED) is 0.632. The lowest BCUT2D eigenvalue weighted by Crippen LogP contribution is -2.29. The summed E-state index contributed by atoms with van der Waals surface area (Å²) in [5.41, 5.74) is 0.540. The minimum Gasteiger partial charge on any atom is -0.381 e. The van der Waals surface area contributed by atoms with Gasteiger partial charge in [-0.25, -0.2) is 0 Å². The molecule has 1 aliphatic heterocycles. The maximum absolute atomic E-state index is 5.37. The molecule has 0 aliphatic carbocycles. The molecule has 0 N–H and O–H groups in total. The first-order valence-corrected chi connectivity index (χ1v) is 5.24. The van der Waals surface area contributed by atoms with Crippen molar-refractivity contribution in [2.45, 2.75) is 46.5 Å². The highest BCUT2D eigenvalue weighted by Crippen LogP contribution is 2.37. The number of hydrogen-bond donors (Lipinski definition) is 0. The molecule has 1 heterocycles. The molecule has 1 heteroatoms. The zero-order valence-electron chi connectivity index (χ0n) is 8.73. The summed E-state index contributed by atoms with van der Waals surface area (Å²) in [5.74, 6) is 0.895. The van der Waals surface area contributed by atoms with Crippen LogP contribution in [0.5, 0.6) is 0 Å². The first-order chi connectivity index (χ1) is 5.67. The fourth-order valence-electron chi connectivity index (χ4n) is 2.33. The molecule has 1 rings (SSSR count). The van der Waals surface area contributed by atoms with Crippen molar-refractivity contribution in [3.63, 3.8) is 0 Å². The summed E-state index contributed by atoms with van der Waals surface area (Å²) in [6.07, 6.45) is 5.21. The van der Waals surface area contributed by atoms with Crippen molar-refractivity contribution in [2.24, 2.45) is 11.3 Å². The lowest BCUT2D eigenvalue weighted by Gasteiger charge is -2.36. The van der Waals surface area contributed by atoms with E-state index in [9.17, 15) is 0 Å². The minimum absolute atomic E-state index is 0.540. The van der Waals surface area contributed by atoms with Gasteiger partial charge in [0.2, 0.25) is 0 Å². The second-order valence-electron chi connectivity index (χ2n) is 4.63. The summed E-state index contributed by atoms with van der Waals surface area (Å²) in [6, 6.07) is 0. The van der Waals surface area contributed by atoms with E-state index >= 15 is 0 Å². The highest BCUT2D eigenvalue weighted by atomic mass is 16.5. The van der Waals surface area contributed by atoms with Crippen LogP contribution in [0.15, 0.2) is 0 Å². The van der Waals surface area contributed by atoms with Crippen LogP contribution >= 0.6 is 0 Å². The fraction of sp³-hybridized carbons (Fsp3) is 1.00. The number of hydrogen-bond acceptors (Lipinski definition) is 1. The normalized spacial score (nSPS) is 21.2. The molecule has 0 unspecified atom stereocenters. The van der Waals surface area contributed by atoms with E-state index in [0.717, 1.165) is 19.1 Å². The van der Waals surface area contributed by atoms with Crippen LogP contribution in [0.1, 0.15) is 46.5 Å². The summed E-state index contributed by atoms with van der Waals surface area (Å²) in [4.78, 5) is 0. The van der Waals surface area contributed by atoms with Gasteiger partial charge in [-0.3, -0.25) is 0 Å². The molecule has 0 radical (unpaired) electrons. The molecule has 1 aliphatic rings. The molecule has 1 fully saturated rings. The van der Waals surface area contributed by atoms with Crippen molar-refractivity contribution in [2.75, 3.05) is 13.2 Å². The van der Waals surface area contributed by atoms with Crippen LogP contribution in [0.25, 0.3) is 0 Å². The summed E-state index contributed by atoms with van der Waals surface area (Å²) in [5, 5.41) is 0. The molecule has 0 spiro atoms. The van der Waals surface area contributed by atoms with Gasteiger partial charge in [-0.2, -0.15) is 0 Å². The van der Waals surface area contributed by atoms with Gasteiger partial charge >= 0.3 is 0 Å². The van der Waals surface area contributed by atoms with E-state index in [2.05, 4.69) is 20.8 Å². The Kier molecular flexibility index (Phi) is 3.57. The number of rotatable bonds is 3. The second-order valence-corrected chi connectivity index (χ2v) is 4.63. The smallest absolute Gasteiger partial charge is 0.0468 e. The van der Waals surface area contributed by atoms with Crippen molar-refractivity contribution in [1.29, 1.82) is 0 Å². The lowest BCUT2D eigenvalue weighted by molar-refractivity contribution is 0.0195. The maximum atomic E-state index is 5.37. The van der Waals surface area contributed by atoms with Crippen molar-refractivity contribution >= 4 is 0 Å². The topological polar surface area (TPSA) is 9.23 Å². The Morgan fingerprint density at radius 1 is 1.25 bits per heavy atom. The van der Waals surface area contributed by atoms with Gasteiger partial charge in [0.1, 0.15) is 0 Å². The minimum atomic E-state index is 0.540. The van der Waals surface area contributed by atoms with E-state index in [1.165, 1.54) is 25.7 Å². The second kappa shape index (κ2) is 4.27. The third kappa shape index (κ3) is 2.48. The van der Waals surface area contributed by atoms with Crippen LogP contribution in [0.4, 0.5) is 0 Å². The molecule has 12 heavy (non-hydrogen) atoms. The van der Waals surface area contributed by atoms with Gasteiger partial charge in [-0.05, 0) is 30.6 Å².